The normalized spacial score (nSPS) is 14.5. The van der Waals surface area contributed by atoms with Crippen LogP contribution < -0.4 is 14.7 Å². The van der Waals surface area contributed by atoms with Crippen LogP contribution in [0.25, 0.3) is 11.3 Å². The minimum absolute atomic E-state index is 0.0862. The van der Waals surface area contributed by atoms with Gasteiger partial charge in [0.15, 0.2) is 0 Å². The highest BCUT2D eigenvalue weighted by atomic mass is 32.2. The Morgan fingerprint density at radius 2 is 1.91 bits per heavy atom. The van der Waals surface area contributed by atoms with Crippen LogP contribution in [0.2, 0.25) is 0 Å². The van der Waals surface area contributed by atoms with Crippen molar-refractivity contribution in [2.75, 3.05) is 18.3 Å². The highest BCUT2D eigenvalue weighted by molar-refractivity contribution is 7.98. The third kappa shape index (κ3) is 3.69. The maximum absolute atomic E-state index is 13.3. The van der Waals surface area contributed by atoms with Gasteiger partial charge in [0.1, 0.15) is 0 Å². The molecule has 0 spiro atoms. The van der Waals surface area contributed by atoms with Crippen LogP contribution in [0.1, 0.15) is 41.9 Å². The van der Waals surface area contributed by atoms with Crippen molar-refractivity contribution in [2.45, 2.75) is 31.1 Å². The van der Waals surface area contributed by atoms with Gasteiger partial charge in [-0.2, -0.15) is 0 Å². The molecule has 1 aliphatic rings. The molecule has 1 atom stereocenters. The predicted octanol–water partition coefficient (Wildman–Crippen LogP) is 2.71. The van der Waals surface area contributed by atoms with Gasteiger partial charge in [0.2, 0.25) is 5.91 Å². The number of anilines is 1. The lowest BCUT2D eigenvalue weighted by Gasteiger charge is -2.33. The molecule has 4 rings (SSSR count). The Balaban J connectivity index is 1.98. The van der Waals surface area contributed by atoms with Crippen molar-refractivity contribution in [1.82, 2.24) is 10.1 Å². The number of rotatable bonds is 5. The number of carbonyl (C=O) groups excluding carboxylic acids is 2. The molecule has 1 unspecified atom stereocenters. The van der Waals surface area contributed by atoms with E-state index in [1.54, 1.807) is 46.2 Å². The molecule has 1 amide bonds. The summed E-state index contributed by atoms with van der Waals surface area (Å²) in [7, 11) is 1.32. The highest BCUT2D eigenvalue weighted by Gasteiger charge is 2.44. The predicted molar refractivity (Wildman–Crippen MR) is 117 cm³/mol. The lowest BCUT2D eigenvalue weighted by atomic mass is 10.00. The smallest absolute Gasteiger partial charge is 0.337 e. The Morgan fingerprint density at radius 1 is 1.19 bits per heavy atom. The number of esters is 1. The molecule has 0 saturated heterocycles. The van der Waals surface area contributed by atoms with Crippen molar-refractivity contribution in [3.63, 3.8) is 0 Å². The average Bonchev–Trinajstić information content (AvgIpc) is 2.82. The molecule has 0 radical (unpaired) electrons. The molecular weight excluding hydrogens is 428 g/mol. The van der Waals surface area contributed by atoms with Crippen LogP contribution in [-0.2, 0) is 9.53 Å². The quantitative estimate of drug-likeness (QED) is 0.335. The number of para-hydroxylation sites is 1. The van der Waals surface area contributed by atoms with Gasteiger partial charge in [0.25, 0.3) is 17.0 Å². The van der Waals surface area contributed by atoms with E-state index in [0.29, 0.717) is 46.1 Å². The number of aromatic nitrogens is 3. The number of benzene rings is 2. The molecule has 0 bridgehead atoms. The zero-order valence-corrected chi connectivity index (χ0v) is 18.8. The van der Waals surface area contributed by atoms with E-state index in [1.807, 2.05) is 25.1 Å². The van der Waals surface area contributed by atoms with Crippen LogP contribution in [0.5, 0.6) is 5.88 Å². The van der Waals surface area contributed by atoms with E-state index in [4.69, 9.17) is 4.74 Å². The largest absolute Gasteiger partial charge is 0.854 e. The Bertz CT molecular complexity index is 1180. The molecular formula is C23H22N4O4S. The molecule has 3 aromatic rings. The van der Waals surface area contributed by atoms with E-state index in [-0.39, 0.29) is 5.91 Å². The summed E-state index contributed by atoms with van der Waals surface area (Å²) in [6, 6.07) is 14.0. The lowest BCUT2D eigenvalue weighted by molar-refractivity contribution is -0.764. The minimum atomic E-state index is -0.702. The van der Waals surface area contributed by atoms with Gasteiger partial charge in [-0.15, -0.1) is 0 Å². The van der Waals surface area contributed by atoms with E-state index in [9.17, 15) is 14.7 Å². The number of thioether (sulfide) groups is 1. The van der Waals surface area contributed by atoms with E-state index >= 15 is 0 Å². The van der Waals surface area contributed by atoms with Gasteiger partial charge >= 0.3 is 5.97 Å². The molecule has 0 saturated carbocycles. The van der Waals surface area contributed by atoms with Crippen molar-refractivity contribution in [1.29, 1.82) is 0 Å². The standard InChI is InChI=1S/C23H22N4O4S/c1-4-7-18(28)26-17-9-6-5-8-16(17)19-20(29)24-23(32-3)25-27(19)21(26)14-10-12-15(13-11-14)22(30)31-2/h5-6,8-13,21H,4,7H2,1-3H3. The fourth-order valence-electron chi connectivity index (χ4n) is 3.83. The number of amides is 1. The van der Waals surface area contributed by atoms with Crippen LogP contribution in [0.4, 0.5) is 5.69 Å². The van der Waals surface area contributed by atoms with E-state index in [0.717, 1.165) is 0 Å². The van der Waals surface area contributed by atoms with Crippen LogP contribution in [0.3, 0.4) is 0 Å². The van der Waals surface area contributed by atoms with Crippen LogP contribution in [0, 0.1) is 0 Å². The fraction of sp³-hybridized carbons (Fsp3) is 0.261. The summed E-state index contributed by atoms with van der Waals surface area (Å²) < 4.78 is 6.36. The van der Waals surface area contributed by atoms with E-state index < -0.39 is 18.0 Å². The molecule has 8 nitrogen and oxygen atoms in total. The van der Waals surface area contributed by atoms with Gasteiger partial charge < -0.3 is 9.84 Å². The zero-order valence-electron chi connectivity index (χ0n) is 17.9. The number of fused-ring (bicyclic) bond motifs is 3. The lowest BCUT2D eigenvalue weighted by Crippen LogP contribution is -2.59. The highest BCUT2D eigenvalue weighted by Crippen LogP contribution is 2.41. The summed E-state index contributed by atoms with van der Waals surface area (Å²) in [6.45, 7) is 1.94. The van der Waals surface area contributed by atoms with E-state index in [1.165, 1.54) is 18.9 Å². The van der Waals surface area contributed by atoms with Crippen LogP contribution in [0.15, 0.2) is 53.7 Å². The first kappa shape index (κ1) is 21.8. The third-order valence-corrected chi connectivity index (χ3v) is 5.80. The van der Waals surface area contributed by atoms with E-state index in [2.05, 4.69) is 10.1 Å². The molecule has 9 heteroatoms. The topological polar surface area (TPSA) is 99.3 Å². The maximum Gasteiger partial charge on any atom is 0.337 e. The number of carbonyl (C=O) groups is 2. The van der Waals surface area contributed by atoms with Gasteiger partial charge in [0, 0.05) is 17.1 Å². The van der Waals surface area contributed by atoms with Crippen LogP contribution >= 0.6 is 11.8 Å². The van der Waals surface area contributed by atoms with Crippen molar-refractivity contribution in [2.24, 2.45) is 0 Å². The maximum atomic E-state index is 13.3. The second-order valence-corrected chi connectivity index (χ2v) is 7.99. The molecule has 0 aliphatic carbocycles. The zero-order chi connectivity index (χ0) is 22.8. The summed E-state index contributed by atoms with van der Waals surface area (Å²) >= 11 is 1.26. The van der Waals surface area contributed by atoms with Crippen molar-refractivity contribution in [3.05, 3.63) is 59.7 Å². The van der Waals surface area contributed by atoms with Crippen molar-refractivity contribution < 1.29 is 24.1 Å². The molecule has 32 heavy (non-hydrogen) atoms. The summed E-state index contributed by atoms with van der Waals surface area (Å²) in [6.07, 6.45) is 2.10. The number of methoxy groups -OCH3 is 1. The molecule has 1 aliphatic heterocycles. The van der Waals surface area contributed by atoms with Gasteiger partial charge in [-0.05, 0) is 49.1 Å². The Hall–Kier alpha value is -3.46. The number of ether oxygens (including phenoxy) is 1. The van der Waals surface area contributed by atoms with Crippen molar-refractivity contribution >= 4 is 29.3 Å². The molecule has 2 heterocycles. The molecule has 1 aromatic heterocycles. The summed E-state index contributed by atoms with van der Waals surface area (Å²) in [5.41, 5.74) is 2.65. The second kappa shape index (κ2) is 8.96. The summed E-state index contributed by atoms with van der Waals surface area (Å²) in [5, 5.41) is 17.9. The Labute approximate surface area is 189 Å². The van der Waals surface area contributed by atoms with Gasteiger partial charge in [-0.25, -0.2) is 14.7 Å². The average molecular weight is 451 g/mol. The minimum Gasteiger partial charge on any atom is -0.854 e. The first-order valence-electron chi connectivity index (χ1n) is 10.1. The van der Waals surface area contributed by atoms with Gasteiger partial charge in [-0.3, -0.25) is 4.79 Å². The monoisotopic (exact) mass is 450 g/mol. The summed E-state index contributed by atoms with van der Waals surface area (Å²) in [5.74, 6) is -0.946. The Morgan fingerprint density at radius 3 is 2.56 bits per heavy atom. The first-order chi connectivity index (χ1) is 15.5. The molecule has 164 valence electrons. The number of nitrogens with zero attached hydrogens (tertiary/aromatic N) is 4. The fourth-order valence-corrected chi connectivity index (χ4v) is 4.18. The van der Waals surface area contributed by atoms with Gasteiger partial charge in [-0.1, -0.05) is 35.5 Å². The summed E-state index contributed by atoms with van der Waals surface area (Å²) in [4.78, 5) is 31.0. The SMILES string of the molecule is CCCC(=O)N1c2ccccc2-c2c([O-])nc(SC)n[n+]2C1c1ccc(C(=O)OC)cc1. The molecule has 0 N–H and O–H groups in total. The molecule has 0 fully saturated rings. The third-order valence-electron chi connectivity index (χ3n) is 5.26. The number of hydrogen-bond acceptors (Lipinski definition) is 7. The first-order valence-corrected chi connectivity index (χ1v) is 11.4. The Kier molecular flexibility index (Phi) is 6.09. The van der Waals surface area contributed by atoms with Crippen molar-refractivity contribution in [3.8, 4) is 17.1 Å². The van der Waals surface area contributed by atoms with Crippen LogP contribution in [-0.4, -0.2) is 35.3 Å². The number of hydrogen-bond donors (Lipinski definition) is 0. The second-order valence-electron chi connectivity index (χ2n) is 7.21. The van der Waals surface area contributed by atoms with Gasteiger partial charge in [0.05, 0.1) is 29.8 Å². The molecule has 2 aromatic carbocycles.